The highest BCUT2D eigenvalue weighted by Crippen LogP contribution is 2.36. The van der Waals surface area contributed by atoms with Gasteiger partial charge in [-0.05, 0) is 60.4 Å². The van der Waals surface area contributed by atoms with E-state index >= 15 is 0 Å². The lowest BCUT2D eigenvalue weighted by Gasteiger charge is -2.23. The summed E-state index contributed by atoms with van der Waals surface area (Å²) in [5.74, 6) is -3.43. The van der Waals surface area contributed by atoms with Crippen LogP contribution in [0.15, 0.2) is 24.3 Å². The van der Waals surface area contributed by atoms with Gasteiger partial charge in [0, 0.05) is 23.1 Å². The van der Waals surface area contributed by atoms with Crippen LogP contribution in [0.1, 0.15) is 34.1 Å². The van der Waals surface area contributed by atoms with E-state index in [1.807, 2.05) is 0 Å². The topological polar surface area (TPSA) is 69.1 Å². The monoisotopic (exact) mass is 400 g/mol. The second kappa shape index (κ2) is 8.23. The minimum atomic E-state index is -0.891. The van der Waals surface area contributed by atoms with Crippen molar-refractivity contribution in [2.75, 3.05) is 23.2 Å². The van der Waals surface area contributed by atoms with Gasteiger partial charge < -0.3 is 11.5 Å². The maximum atomic E-state index is 13.8. The molecule has 4 N–H and O–H groups in total. The van der Waals surface area contributed by atoms with Gasteiger partial charge in [-0.15, -0.1) is 23.2 Å². The molecule has 0 spiro atoms. The van der Waals surface area contributed by atoms with Crippen LogP contribution in [-0.2, 0) is 4.79 Å². The molecule has 0 aliphatic rings. The number of rotatable bonds is 6. The number of halogens is 4. The van der Waals surface area contributed by atoms with Gasteiger partial charge in [0.2, 0.25) is 0 Å². The molecule has 0 bridgehead atoms. The van der Waals surface area contributed by atoms with Gasteiger partial charge in [0.15, 0.2) is 0 Å². The molecule has 0 heterocycles. The molecular formula is C19H20Cl2F2N2O. The third-order valence-corrected chi connectivity index (χ3v) is 5.13. The Morgan fingerprint density at radius 1 is 0.885 bits per heavy atom. The molecule has 0 amide bonds. The van der Waals surface area contributed by atoms with Gasteiger partial charge in [-0.3, -0.25) is 4.79 Å². The van der Waals surface area contributed by atoms with Gasteiger partial charge in [-0.25, -0.2) is 8.78 Å². The van der Waals surface area contributed by atoms with E-state index in [1.165, 1.54) is 24.3 Å². The number of aryl methyl sites for hydroxylation is 2. The van der Waals surface area contributed by atoms with E-state index in [9.17, 15) is 13.6 Å². The van der Waals surface area contributed by atoms with Gasteiger partial charge in [0.05, 0.1) is 11.8 Å². The molecule has 0 aliphatic heterocycles. The Kier molecular flexibility index (Phi) is 6.48. The molecule has 0 aromatic heterocycles. The molecule has 2 unspecified atom stereocenters. The third-order valence-electron chi connectivity index (χ3n) is 4.51. The number of benzene rings is 2. The van der Waals surface area contributed by atoms with Gasteiger partial charge in [0.1, 0.15) is 17.4 Å². The highest BCUT2D eigenvalue weighted by Gasteiger charge is 2.32. The lowest BCUT2D eigenvalue weighted by molar-refractivity contribution is -0.121. The normalized spacial score (nSPS) is 13.5. The largest absolute Gasteiger partial charge is 0.398 e. The number of hydrogen-bond acceptors (Lipinski definition) is 3. The van der Waals surface area contributed by atoms with Crippen LogP contribution in [0.3, 0.4) is 0 Å². The molecule has 0 radical (unpaired) electrons. The standard InChI is InChI=1S/C19H20Cl2F2N2O/c1-9-3-11(22)5-13(17(9)24)15(7-20)19(26)16(8-21)14-6-12(23)4-10(2)18(14)25/h3-6,15-16H,7-8,24-25H2,1-2H3. The Bertz CT molecular complexity index is 775. The molecule has 0 fully saturated rings. The fraction of sp³-hybridized carbons (Fsp3) is 0.316. The zero-order valence-electron chi connectivity index (χ0n) is 14.5. The summed E-state index contributed by atoms with van der Waals surface area (Å²) < 4.78 is 27.7. The molecule has 2 rings (SSSR count). The molecule has 2 aromatic rings. The van der Waals surface area contributed by atoms with Crippen molar-refractivity contribution >= 4 is 40.4 Å². The molecule has 0 aliphatic carbocycles. The van der Waals surface area contributed by atoms with Crippen LogP contribution >= 0.6 is 23.2 Å². The Morgan fingerprint density at radius 2 is 1.23 bits per heavy atom. The van der Waals surface area contributed by atoms with Gasteiger partial charge in [-0.1, -0.05) is 0 Å². The summed E-state index contributed by atoms with van der Waals surface area (Å²) in [5.41, 5.74) is 14.2. The second-order valence-electron chi connectivity index (χ2n) is 6.27. The minimum Gasteiger partial charge on any atom is -0.398 e. The number of carbonyl (C=O) groups is 1. The first kappa shape index (κ1) is 20.5. The van der Waals surface area contributed by atoms with Crippen molar-refractivity contribution in [3.63, 3.8) is 0 Å². The first-order valence-electron chi connectivity index (χ1n) is 7.97. The predicted molar refractivity (Wildman–Crippen MR) is 103 cm³/mol. The first-order chi connectivity index (χ1) is 12.2. The maximum Gasteiger partial charge on any atom is 0.150 e. The van der Waals surface area contributed by atoms with Gasteiger partial charge in [-0.2, -0.15) is 0 Å². The molecule has 26 heavy (non-hydrogen) atoms. The zero-order valence-corrected chi connectivity index (χ0v) is 16.0. The van der Waals surface area contributed by atoms with Gasteiger partial charge in [0.25, 0.3) is 0 Å². The van der Waals surface area contributed by atoms with Crippen LogP contribution in [0, 0.1) is 25.5 Å². The molecule has 140 valence electrons. The van der Waals surface area contributed by atoms with E-state index in [-0.39, 0.29) is 17.5 Å². The number of alkyl halides is 2. The van der Waals surface area contributed by atoms with E-state index in [4.69, 9.17) is 34.7 Å². The summed E-state index contributed by atoms with van der Waals surface area (Å²) in [7, 11) is 0. The number of Topliss-reactive ketones (excluding diaryl/α,β-unsaturated/α-hetero) is 1. The number of ketones is 1. The molecule has 2 atom stereocenters. The van der Waals surface area contributed by atoms with Crippen LogP contribution in [0.4, 0.5) is 20.2 Å². The van der Waals surface area contributed by atoms with Crippen LogP contribution in [0.5, 0.6) is 0 Å². The SMILES string of the molecule is Cc1cc(F)cc(C(CCl)C(=O)C(CCl)c2cc(F)cc(C)c2N)c1N. The Hall–Kier alpha value is -1.85. The molecule has 0 saturated carbocycles. The quantitative estimate of drug-likeness (QED) is 0.547. The molecule has 3 nitrogen and oxygen atoms in total. The Balaban J connectivity index is 2.53. The average molecular weight is 401 g/mol. The highest BCUT2D eigenvalue weighted by atomic mass is 35.5. The smallest absolute Gasteiger partial charge is 0.150 e. The Labute approximate surface area is 161 Å². The zero-order chi connectivity index (χ0) is 19.6. The van der Waals surface area contributed by atoms with Crippen molar-refractivity contribution in [1.29, 1.82) is 0 Å². The fourth-order valence-electron chi connectivity index (χ4n) is 3.00. The first-order valence-corrected chi connectivity index (χ1v) is 9.04. The molecule has 0 saturated heterocycles. The number of hydrogen-bond donors (Lipinski definition) is 2. The third kappa shape index (κ3) is 3.94. The average Bonchev–Trinajstić information content (AvgIpc) is 2.57. The fourth-order valence-corrected chi connectivity index (χ4v) is 3.64. The molecule has 7 heteroatoms. The summed E-state index contributed by atoms with van der Waals surface area (Å²) in [5, 5.41) is 0. The van der Waals surface area contributed by atoms with E-state index in [0.29, 0.717) is 33.6 Å². The molecule has 2 aromatic carbocycles. The van der Waals surface area contributed by atoms with E-state index in [1.54, 1.807) is 13.8 Å². The van der Waals surface area contributed by atoms with Crippen molar-refractivity contribution < 1.29 is 13.6 Å². The maximum absolute atomic E-state index is 13.8. The minimum absolute atomic E-state index is 0.118. The molecular weight excluding hydrogens is 381 g/mol. The Morgan fingerprint density at radius 3 is 1.54 bits per heavy atom. The van der Waals surface area contributed by atoms with Crippen LogP contribution in [-0.4, -0.2) is 17.5 Å². The van der Waals surface area contributed by atoms with Crippen LogP contribution in [0.2, 0.25) is 0 Å². The number of carbonyl (C=O) groups excluding carboxylic acids is 1. The second-order valence-corrected chi connectivity index (χ2v) is 6.88. The summed E-state index contributed by atoms with van der Waals surface area (Å²) in [6.07, 6.45) is 0. The van der Waals surface area contributed by atoms with Gasteiger partial charge >= 0.3 is 0 Å². The highest BCUT2D eigenvalue weighted by molar-refractivity contribution is 6.22. The number of anilines is 2. The van der Waals surface area contributed by atoms with Crippen molar-refractivity contribution in [3.05, 3.63) is 58.2 Å². The summed E-state index contributed by atoms with van der Waals surface area (Å²) in [6.45, 7) is 3.29. The van der Waals surface area contributed by atoms with E-state index < -0.39 is 23.5 Å². The summed E-state index contributed by atoms with van der Waals surface area (Å²) in [6, 6.07) is 4.95. The number of nitrogens with two attached hydrogens (primary N) is 2. The lowest BCUT2D eigenvalue weighted by atomic mass is 9.83. The summed E-state index contributed by atoms with van der Waals surface area (Å²) in [4.78, 5) is 13.1. The predicted octanol–water partition coefficient (Wildman–Crippen LogP) is 4.66. The van der Waals surface area contributed by atoms with E-state index in [0.717, 1.165) is 0 Å². The van der Waals surface area contributed by atoms with E-state index in [2.05, 4.69) is 0 Å². The summed E-state index contributed by atoms with van der Waals surface area (Å²) >= 11 is 12.0. The van der Waals surface area contributed by atoms with Crippen molar-refractivity contribution in [2.24, 2.45) is 0 Å². The van der Waals surface area contributed by atoms with Crippen molar-refractivity contribution in [1.82, 2.24) is 0 Å². The van der Waals surface area contributed by atoms with Crippen molar-refractivity contribution in [2.45, 2.75) is 25.7 Å². The number of nitrogen functional groups attached to an aromatic ring is 2. The van der Waals surface area contributed by atoms with Crippen LogP contribution < -0.4 is 11.5 Å². The van der Waals surface area contributed by atoms with Crippen LogP contribution in [0.25, 0.3) is 0 Å². The van der Waals surface area contributed by atoms with Crippen molar-refractivity contribution in [3.8, 4) is 0 Å². The lowest BCUT2D eigenvalue weighted by Crippen LogP contribution is -2.25.